The van der Waals surface area contributed by atoms with Crippen molar-refractivity contribution in [1.29, 1.82) is 0 Å². The summed E-state index contributed by atoms with van der Waals surface area (Å²) in [6.07, 6.45) is 33.6. The maximum Gasteiger partial charge on any atom is 0.337 e. The molecule has 19 rings (SSSR count). The van der Waals surface area contributed by atoms with Crippen molar-refractivity contribution in [3.05, 3.63) is 127 Å². The van der Waals surface area contributed by atoms with Gasteiger partial charge in [0, 0.05) is 31.4 Å². The monoisotopic (exact) mass is 987 g/mol. The van der Waals surface area contributed by atoms with Gasteiger partial charge in [-0.1, -0.05) is 111 Å². The topological polar surface area (TPSA) is 26.3 Å². The Bertz CT molecular complexity index is 3130. The number of thiophene rings is 2. The molecule has 16 aliphatic rings. The summed E-state index contributed by atoms with van der Waals surface area (Å²) < 4.78 is 5.45. The summed E-state index contributed by atoms with van der Waals surface area (Å²) in [5, 5.41) is 2.45. The number of rotatable bonds is 15. The highest BCUT2D eigenvalue weighted by Gasteiger charge is 2.87. The molecule has 24 atom stereocenters. The van der Waals surface area contributed by atoms with E-state index in [0.717, 1.165) is 131 Å². The van der Waals surface area contributed by atoms with Gasteiger partial charge >= 0.3 is 5.97 Å². The van der Waals surface area contributed by atoms with Crippen LogP contribution in [0.3, 0.4) is 0 Å². The van der Waals surface area contributed by atoms with E-state index in [1.54, 1.807) is 51.3 Å². The smallest absolute Gasteiger partial charge is 0.337 e. The highest BCUT2D eigenvalue weighted by atomic mass is 32.1. The van der Waals surface area contributed by atoms with E-state index in [2.05, 4.69) is 102 Å². The molecule has 2 heterocycles. The lowest BCUT2D eigenvalue weighted by Gasteiger charge is -2.61. The molecule has 0 aliphatic heterocycles. The lowest BCUT2D eigenvalue weighted by Crippen LogP contribution is -2.58. The second-order valence-electron chi connectivity index (χ2n) is 28.3. The molecule has 0 N–H and O–H groups in total. The lowest BCUT2D eigenvalue weighted by molar-refractivity contribution is -0.123. The van der Waals surface area contributed by atoms with Crippen LogP contribution in [0.15, 0.2) is 99.5 Å². The quantitative estimate of drug-likeness (QED) is 0.0862. The summed E-state index contributed by atoms with van der Waals surface area (Å²) in [5.41, 5.74) is 17.0. The van der Waals surface area contributed by atoms with Crippen LogP contribution < -0.4 is 0 Å². The highest BCUT2D eigenvalue weighted by Crippen LogP contribution is 2.92. The molecule has 72 heavy (non-hydrogen) atoms. The third kappa shape index (κ3) is 4.56. The Morgan fingerprint density at radius 1 is 0.667 bits per heavy atom. The second-order valence-corrected chi connectivity index (χ2v) is 30.3. The number of ether oxygens (including phenoxy) is 1. The van der Waals surface area contributed by atoms with Crippen molar-refractivity contribution in [2.45, 2.75) is 122 Å². The van der Waals surface area contributed by atoms with Gasteiger partial charge in [-0.05, 0) is 246 Å². The minimum atomic E-state index is -0.184. The molecule has 370 valence electrons. The van der Waals surface area contributed by atoms with E-state index in [9.17, 15) is 4.79 Å². The zero-order chi connectivity index (χ0) is 47.0. The number of carbonyl (C=O) groups excluding carboxylic acids is 1. The van der Waals surface area contributed by atoms with Crippen molar-refractivity contribution in [2.24, 2.45) is 136 Å². The molecule has 0 radical (unpaired) electrons. The third-order valence-electron chi connectivity index (χ3n) is 26.7. The molecule has 4 heteroatoms. The summed E-state index contributed by atoms with van der Waals surface area (Å²) in [7, 11) is 1.57. The Labute approximate surface area is 436 Å². The van der Waals surface area contributed by atoms with Crippen LogP contribution in [-0.2, 0) is 29.4 Å². The van der Waals surface area contributed by atoms with E-state index in [0.29, 0.717) is 17.8 Å². The van der Waals surface area contributed by atoms with Gasteiger partial charge in [-0.2, -0.15) is 0 Å². The summed E-state index contributed by atoms with van der Waals surface area (Å²) in [5.74, 6) is 19.3. The normalized spacial score (nSPS) is 49.0. The Balaban J connectivity index is 0.892. The van der Waals surface area contributed by atoms with Gasteiger partial charge in [0.15, 0.2) is 0 Å². The molecular formula is C68H74O2S2. The molecule has 11 fully saturated rings. The van der Waals surface area contributed by atoms with Gasteiger partial charge in [0.2, 0.25) is 0 Å². The number of aryl methyl sites for hydroxylation is 2. The van der Waals surface area contributed by atoms with Crippen LogP contribution in [0, 0.1) is 136 Å². The van der Waals surface area contributed by atoms with Crippen molar-refractivity contribution >= 4 is 28.6 Å². The minimum absolute atomic E-state index is 0.0174. The fraction of sp³-hybridized carbons (Fsp3) is 0.632. The summed E-state index contributed by atoms with van der Waals surface area (Å²) in [4.78, 5) is 18.5. The molecular weight excluding hydrogens is 913 g/mol. The summed E-state index contributed by atoms with van der Waals surface area (Å²) >= 11 is 4.39. The average Bonchev–Trinajstić information content (AvgIpc) is 4.30. The number of hydrogen-bond acceptors (Lipinski definition) is 4. The Kier molecular flexibility index (Phi) is 8.18. The first kappa shape index (κ1) is 42.0. The zero-order valence-electron chi connectivity index (χ0n) is 43.0. The largest absolute Gasteiger partial charge is 0.465 e. The SMILES string of the molecule is CCCCCCc1ccsc1-c1sc(C23C=C4CC5CC6CC7CC8=CC9C=C%10CC(=C2)C2(Cc%11cccc(C(=O)OC)c%11)C%10=C%10C9C9C8C7C7C6C6C5C4C4C5C6C7C9C%10C5C2C43)cc1CCCCCC. The maximum atomic E-state index is 13.4. The van der Waals surface area contributed by atoms with Gasteiger partial charge in [-0.25, -0.2) is 4.79 Å². The molecule has 11 saturated carbocycles. The van der Waals surface area contributed by atoms with Gasteiger partial charge in [0.1, 0.15) is 0 Å². The third-order valence-corrected chi connectivity index (χ3v) is 29.1. The zero-order valence-corrected chi connectivity index (χ0v) is 44.6. The number of esters is 1. The minimum Gasteiger partial charge on any atom is -0.465 e. The standard InChI is InChI=1S/C68H74O2S2/c1-4-6-8-10-14-32-17-18-71-64(32)65-33(15-11-9-7-5-2)27-43(72-65)67-29-41-25-39-23-37-21-35-20-36-22-38-24-40-26-42(30-67)68(28-31-13-12-16-34(19-31)66(69)70-3)61(40)58-48(38)52-45(36)44(35)50-47(37)51-46(39)49(41)59-57-54(51)53(50)55(52)56(58)60(57)63(68)62(59)67/h12-13,16-19,22,24,27,29-30,35,37-39,44-57,59-60,62-63H,4-11,14-15,20-21,23,25-26,28H2,1-3H3. The number of hydrogen-bond donors (Lipinski definition) is 0. The molecule has 0 saturated heterocycles. The van der Waals surface area contributed by atoms with Gasteiger partial charge < -0.3 is 4.74 Å². The molecule has 1 aromatic carbocycles. The van der Waals surface area contributed by atoms with Gasteiger partial charge in [-0.3, -0.25) is 0 Å². The Hall–Kier alpha value is -3.21. The van der Waals surface area contributed by atoms with Crippen LogP contribution in [-0.4, -0.2) is 13.1 Å². The predicted octanol–water partition coefficient (Wildman–Crippen LogP) is 15.7. The number of carbonyl (C=O) groups is 1. The van der Waals surface area contributed by atoms with Crippen LogP contribution in [0.5, 0.6) is 0 Å². The van der Waals surface area contributed by atoms with Crippen molar-refractivity contribution < 1.29 is 9.53 Å². The number of unbranched alkanes of at least 4 members (excludes halogenated alkanes) is 6. The van der Waals surface area contributed by atoms with Crippen LogP contribution in [0.4, 0.5) is 0 Å². The first-order chi connectivity index (χ1) is 35.5. The van der Waals surface area contributed by atoms with Gasteiger partial charge in [-0.15, -0.1) is 22.7 Å². The summed E-state index contributed by atoms with van der Waals surface area (Å²) in [6.45, 7) is 4.74. The van der Waals surface area contributed by atoms with Crippen molar-refractivity contribution in [2.75, 3.05) is 7.11 Å². The first-order valence-corrected chi connectivity index (χ1v) is 32.1. The predicted molar refractivity (Wildman–Crippen MR) is 288 cm³/mol. The van der Waals surface area contributed by atoms with E-state index in [-0.39, 0.29) is 16.8 Å². The van der Waals surface area contributed by atoms with E-state index in [1.807, 2.05) is 28.4 Å². The fourth-order valence-corrected chi connectivity index (χ4v) is 28.8. The van der Waals surface area contributed by atoms with Gasteiger partial charge in [0.05, 0.1) is 12.7 Å². The van der Waals surface area contributed by atoms with Crippen molar-refractivity contribution in [3.63, 3.8) is 0 Å². The highest BCUT2D eigenvalue weighted by molar-refractivity contribution is 7.21. The van der Waals surface area contributed by atoms with E-state index in [1.165, 1.54) is 82.6 Å². The average molecular weight is 987 g/mol. The van der Waals surface area contributed by atoms with Crippen molar-refractivity contribution in [1.82, 2.24) is 0 Å². The number of allylic oxidation sites excluding steroid dienone is 10. The molecule has 2 nitrogen and oxygen atoms in total. The molecule has 0 bridgehead atoms. The van der Waals surface area contributed by atoms with Crippen molar-refractivity contribution in [3.8, 4) is 9.75 Å². The van der Waals surface area contributed by atoms with E-state index in [4.69, 9.17) is 4.74 Å². The summed E-state index contributed by atoms with van der Waals surface area (Å²) in [6, 6.07) is 14.4. The molecule has 2 aromatic heterocycles. The molecule has 0 spiro atoms. The first-order valence-electron chi connectivity index (χ1n) is 30.4. The molecule has 3 aromatic rings. The molecule has 24 unspecified atom stereocenters. The Morgan fingerprint density at radius 2 is 1.40 bits per heavy atom. The van der Waals surface area contributed by atoms with Crippen LogP contribution in [0.2, 0.25) is 0 Å². The second kappa shape index (κ2) is 14.0. The van der Waals surface area contributed by atoms with Gasteiger partial charge in [0.25, 0.3) is 0 Å². The maximum absolute atomic E-state index is 13.4. The molecule has 0 amide bonds. The number of methoxy groups -OCH3 is 1. The van der Waals surface area contributed by atoms with Crippen LogP contribution in [0.25, 0.3) is 9.75 Å². The van der Waals surface area contributed by atoms with Crippen LogP contribution in [0.1, 0.15) is 129 Å². The fourth-order valence-electron chi connectivity index (χ4n) is 26.3. The molecule has 16 aliphatic carbocycles. The van der Waals surface area contributed by atoms with Crippen LogP contribution >= 0.6 is 22.7 Å². The lowest BCUT2D eigenvalue weighted by atomic mass is 9.42. The van der Waals surface area contributed by atoms with E-state index < -0.39 is 0 Å². The Morgan fingerprint density at radius 3 is 2.21 bits per heavy atom. The van der Waals surface area contributed by atoms with E-state index >= 15 is 0 Å². The number of benzene rings is 1.